The number of benzene rings is 1. The van der Waals surface area contributed by atoms with E-state index >= 15 is 0 Å². The van der Waals surface area contributed by atoms with Gasteiger partial charge in [-0.2, -0.15) is 0 Å². The number of hydrogen-bond acceptors (Lipinski definition) is 5. The van der Waals surface area contributed by atoms with Gasteiger partial charge in [0.25, 0.3) is 0 Å². The van der Waals surface area contributed by atoms with Crippen LogP contribution in [0.1, 0.15) is 30.7 Å². The van der Waals surface area contributed by atoms with Crippen molar-refractivity contribution in [2.45, 2.75) is 50.8 Å². The topological polar surface area (TPSA) is 66.5 Å². The van der Waals surface area contributed by atoms with Crippen LogP contribution >= 0.6 is 11.3 Å². The highest BCUT2D eigenvalue weighted by Crippen LogP contribution is 2.28. The Bertz CT molecular complexity index is 793. The molecule has 2 amide bonds. The lowest BCUT2D eigenvalue weighted by Crippen LogP contribution is -2.49. The SMILES string of the molecule is COC1CCN([C@@H]2CCC[C@@H]2NC(=O)Nc2ccc3sc(C)nc3c2)C1. The molecule has 2 heterocycles. The molecule has 2 N–H and O–H groups in total. The van der Waals surface area contributed by atoms with Gasteiger partial charge in [-0.3, -0.25) is 4.90 Å². The molecular weight excluding hydrogens is 348 g/mol. The van der Waals surface area contributed by atoms with Crippen molar-refractivity contribution in [2.75, 3.05) is 25.5 Å². The van der Waals surface area contributed by atoms with Gasteiger partial charge < -0.3 is 15.4 Å². The normalized spacial score (nSPS) is 26.5. The Kier molecular flexibility index (Phi) is 5.11. The number of aryl methyl sites for hydroxylation is 1. The number of urea groups is 1. The maximum absolute atomic E-state index is 12.5. The van der Waals surface area contributed by atoms with Crippen LogP contribution in [0.3, 0.4) is 0 Å². The van der Waals surface area contributed by atoms with Crippen molar-refractivity contribution >= 4 is 33.3 Å². The molecule has 0 bridgehead atoms. The summed E-state index contributed by atoms with van der Waals surface area (Å²) in [6.07, 6.45) is 4.76. The monoisotopic (exact) mass is 374 g/mol. The van der Waals surface area contributed by atoms with Crippen LogP contribution in [0.15, 0.2) is 18.2 Å². The van der Waals surface area contributed by atoms with Crippen LogP contribution in [-0.4, -0.2) is 54.3 Å². The van der Waals surface area contributed by atoms with E-state index < -0.39 is 0 Å². The van der Waals surface area contributed by atoms with Gasteiger partial charge in [0.05, 0.1) is 21.3 Å². The quantitative estimate of drug-likeness (QED) is 0.861. The number of aromatic nitrogens is 1. The molecule has 1 saturated heterocycles. The molecule has 0 radical (unpaired) electrons. The number of anilines is 1. The van der Waals surface area contributed by atoms with Crippen LogP contribution in [0.5, 0.6) is 0 Å². The van der Waals surface area contributed by atoms with E-state index in [2.05, 4.69) is 20.5 Å². The molecule has 1 aromatic heterocycles. The van der Waals surface area contributed by atoms with Crippen LogP contribution in [0.2, 0.25) is 0 Å². The maximum Gasteiger partial charge on any atom is 0.319 e. The Hall–Kier alpha value is -1.70. The Labute approximate surface area is 157 Å². The molecular formula is C19H26N4O2S. The molecule has 1 aromatic carbocycles. The van der Waals surface area contributed by atoms with Crippen molar-refractivity contribution in [3.05, 3.63) is 23.2 Å². The fraction of sp³-hybridized carbons (Fsp3) is 0.579. The molecule has 7 heteroatoms. The minimum Gasteiger partial charge on any atom is -0.380 e. The van der Waals surface area contributed by atoms with Crippen LogP contribution < -0.4 is 10.6 Å². The van der Waals surface area contributed by atoms with E-state index in [1.165, 1.54) is 0 Å². The number of thiazole rings is 1. The second-order valence-corrected chi connectivity index (χ2v) is 8.49. The van der Waals surface area contributed by atoms with Gasteiger partial charge in [-0.25, -0.2) is 9.78 Å². The van der Waals surface area contributed by atoms with Gasteiger partial charge in [-0.15, -0.1) is 11.3 Å². The minimum absolute atomic E-state index is 0.129. The van der Waals surface area contributed by atoms with Crippen LogP contribution in [0.4, 0.5) is 10.5 Å². The van der Waals surface area contributed by atoms with E-state index in [0.717, 1.165) is 59.7 Å². The molecule has 1 aliphatic carbocycles. The summed E-state index contributed by atoms with van der Waals surface area (Å²) >= 11 is 1.67. The van der Waals surface area contributed by atoms with Crippen molar-refractivity contribution in [2.24, 2.45) is 0 Å². The molecule has 1 saturated carbocycles. The Balaban J connectivity index is 1.37. The summed E-state index contributed by atoms with van der Waals surface area (Å²) in [6.45, 7) is 4.03. The first-order valence-electron chi connectivity index (χ1n) is 9.34. The van der Waals surface area contributed by atoms with E-state index in [1.54, 1.807) is 18.4 Å². The summed E-state index contributed by atoms with van der Waals surface area (Å²) in [5, 5.41) is 7.20. The number of fused-ring (bicyclic) bond motifs is 1. The Morgan fingerprint density at radius 3 is 3.04 bits per heavy atom. The first-order chi connectivity index (χ1) is 12.6. The number of nitrogens with one attached hydrogen (secondary N) is 2. The molecule has 2 aromatic rings. The average Bonchev–Trinajstić information content (AvgIpc) is 3.32. The molecule has 6 nitrogen and oxygen atoms in total. The lowest BCUT2D eigenvalue weighted by Gasteiger charge is -2.30. The van der Waals surface area contributed by atoms with Crippen molar-refractivity contribution in [1.29, 1.82) is 0 Å². The fourth-order valence-electron chi connectivity index (χ4n) is 4.25. The van der Waals surface area contributed by atoms with E-state index in [1.807, 2.05) is 25.1 Å². The summed E-state index contributed by atoms with van der Waals surface area (Å²) in [5.74, 6) is 0. The molecule has 4 rings (SSSR count). The summed E-state index contributed by atoms with van der Waals surface area (Å²) < 4.78 is 6.63. The third kappa shape index (κ3) is 3.70. The number of likely N-dealkylation sites (tertiary alicyclic amines) is 1. The third-order valence-corrected chi connectivity index (χ3v) is 6.48. The van der Waals surface area contributed by atoms with Gasteiger partial charge >= 0.3 is 6.03 Å². The summed E-state index contributed by atoms with van der Waals surface area (Å²) in [4.78, 5) is 19.5. The number of amides is 2. The lowest BCUT2D eigenvalue weighted by molar-refractivity contribution is 0.0985. The number of methoxy groups -OCH3 is 1. The van der Waals surface area contributed by atoms with Crippen molar-refractivity contribution in [1.82, 2.24) is 15.2 Å². The van der Waals surface area contributed by atoms with E-state index in [4.69, 9.17) is 4.74 Å². The number of hydrogen-bond donors (Lipinski definition) is 2. The number of carbonyl (C=O) groups is 1. The van der Waals surface area contributed by atoms with Crippen LogP contribution in [0, 0.1) is 6.92 Å². The van der Waals surface area contributed by atoms with Gasteiger partial charge in [0.1, 0.15) is 0 Å². The van der Waals surface area contributed by atoms with Crippen molar-refractivity contribution < 1.29 is 9.53 Å². The zero-order chi connectivity index (χ0) is 18.1. The summed E-state index contributed by atoms with van der Waals surface area (Å²) in [5.41, 5.74) is 1.72. The highest BCUT2D eigenvalue weighted by molar-refractivity contribution is 7.18. The molecule has 26 heavy (non-hydrogen) atoms. The van der Waals surface area contributed by atoms with E-state index in [9.17, 15) is 4.79 Å². The smallest absolute Gasteiger partial charge is 0.319 e. The number of nitrogens with zero attached hydrogens (tertiary/aromatic N) is 2. The predicted octanol–water partition coefficient (Wildman–Crippen LogP) is 3.37. The first-order valence-corrected chi connectivity index (χ1v) is 10.2. The molecule has 1 aliphatic heterocycles. The molecule has 2 aliphatic rings. The Morgan fingerprint density at radius 1 is 1.35 bits per heavy atom. The lowest BCUT2D eigenvalue weighted by atomic mass is 10.1. The van der Waals surface area contributed by atoms with Gasteiger partial charge in [-0.05, 0) is 50.8 Å². The fourth-order valence-corrected chi connectivity index (χ4v) is 5.06. The summed E-state index contributed by atoms with van der Waals surface area (Å²) in [6, 6.07) is 6.39. The first kappa shape index (κ1) is 17.7. The standard InChI is InChI=1S/C19H26N4O2S/c1-12-20-16-10-13(6-7-18(16)26-12)21-19(24)22-15-4-3-5-17(15)23-9-8-14(11-23)25-2/h6-7,10,14-15,17H,3-5,8-9,11H2,1-2H3,(H2,21,22,24)/t14?,15-,17+/m0/s1. The number of ether oxygens (including phenoxy) is 1. The van der Waals surface area contributed by atoms with Crippen LogP contribution in [0.25, 0.3) is 10.2 Å². The van der Waals surface area contributed by atoms with Gasteiger partial charge in [0.15, 0.2) is 0 Å². The molecule has 3 atom stereocenters. The second-order valence-electron chi connectivity index (χ2n) is 7.26. The van der Waals surface area contributed by atoms with E-state index in [-0.39, 0.29) is 12.1 Å². The zero-order valence-corrected chi connectivity index (χ0v) is 16.1. The van der Waals surface area contributed by atoms with Gasteiger partial charge in [0.2, 0.25) is 0 Å². The average molecular weight is 375 g/mol. The maximum atomic E-state index is 12.5. The van der Waals surface area contributed by atoms with Crippen molar-refractivity contribution in [3.63, 3.8) is 0 Å². The highest BCUT2D eigenvalue weighted by Gasteiger charge is 2.36. The highest BCUT2D eigenvalue weighted by atomic mass is 32.1. The third-order valence-electron chi connectivity index (χ3n) is 5.53. The van der Waals surface area contributed by atoms with Crippen molar-refractivity contribution in [3.8, 4) is 0 Å². The molecule has 1 unspecified atom stereocenters. The minimum atomic E-state index is -0.129. The number of carbonyl (C=O) groups excluding carboxylic acids is 1. The van der Waals surface area contributed by atoms with Gasteiger partial charge in [0, 0.05) is 38.0 Å². The zero-order valence-electron chi connectivity index (χ0n) is 15.3. The van der Waals surface area contributed by atoms with E-state index in [0.29, 0.717) is 12.1 Å². The van der Waals surface area contributed by atoms with Gasteiger partial charge in [-0.1, -0.05) is 0 Å². The molecule has 140 valence electrons. The second kappa shape index (κ2) is 7.50. The predicted molar refractivity (Wildman–Crippen MR) is 105 cm³/mol. The number of rotatable bonds is 4. The molecule has 2 fully saturated rings. The van der Waals surface area contributed by atoms with Crippen LogP contribution in [-0.2, 0) is 4.74 Å². The largest absolute Gasteiger partial charge is 0.380 e. The summed E-state index contributed by atoms with van der Waals surface area (Å²) in [7, 11) is 1.78. The Morgan fingerprint density at radius 2 is 2.23 bits per heavy atom. The molecule has 0 spiro atoms.